The maximum atomic E-state index is 12.0. The van der Waals surface area contributed by atoms with Crippen LogP contribution in [0.4, 0.5) is 0 Å². The van der Waals surface area contributed by atoms with Crippen molar-refractivity contribution in [2.24, 2.45) is 0 Å². The molecule has 4 heteroatoms. The van der Waals surface area contributed by atoms with Crippen LogP contribution in [0.2, 0.25) is 0 Å². The normalized spacial score (nSPS) is 12.3. The maximum Gasteiger partial charge on any atom is 0.255 e. The summed E-state index contributed by atoms with van der Waals surface area (Å²) in [5, 5.41) is 23.9. The molecule has 0 aromatic heterocycles. The summed E-state index contributed by atoms with van der Waals surface area (Å²) in [6, 6.07) is 10.8. The molecule has 2 aromatic carbocycles. The first-order chi connectivity index (χ1) is 9.63. The summed E-state index contributed by atoms with van der Waals surface area (Å²) in [5.74, 6) is -0.326. The Morgan fingerprint density at radius 2 is 2.00 bits per heavy atom. The highest BCUT2D eigenvalue weighted by molar-refractivity contribution is 6.03. The van der Waals surface area contributed by atoms with Gasteiger partial charge in [0.2, 0.25) is 0 Å². The van der Waals surface area contributed by atoms with E-state index in [0.717, 1.165) is 5.39 Å². The van der Waals surface area contributed by atoms with Gasteiger partial charge in [0.15, 0.2) is 0 Å². The van der Waals surface area contributed by atoms with Crippen molar-refractivity contribution in [1.82, 2.24) is 5.32 Å². The Morgan fingerprint density at radius 3 is 2.75 bits per heavy atom. The van der Waals surface area contributed by atoms with Gasteiger partial charge in [-0.3, -0.25) is 4.79 Å². The van der Waals surface area contributed by atoms with Gasteiger partial charge in [0.25, 0.3) is 5.91 Å². The average Bonchev–Trinajstić information content (AvgIpc) is 2.47. The van der Waals surface area contributed by atoms with E-state index in [0.29, 0.717) is 24.8 Å². The zero-order valence-corrected chi connectivity index (χ0v) is 11.5. The Bertz CT molecular complexity index is 610. The predicted molar refractivity (Wildman–Crippen MR) is 78.9 cm³/mol. The molecule has 0 bridgehead atoms. The molecule has 0 saturated carbocycles. The molecular weight excluding hydrogens is 254 g/mol. The van der Waals surface area contributed by atoms with E-state index in [4.69, 9.17) is 0 Å². The molecule has 0 spiro atoms. The molecular formula is C16H19NO3. The van der Waals surface area contributed by atoms with Crippen LogP contribution in [0.5, 0.6) is 5.75 Å². The lowest BCUT2D eigenvalue weighted by molar-refractivity contribution is 0.0939. The van der Waals surface area contributed by atoms with Crippen molar-refractivity contribution in [1.29, 1.82) is 0 Å². The number of aliphatic hydroxyl groups excluding tert-OH is 1. The minimum Gasteiger partial charge on any atom is -0.506 e. The number of aliphatic hydroxyl groups is 1. The molecule has 1 unspecified atom stereocenters. The topological polar surface area (TPSA) is 69.6 Å². The molecule has 0 aliphatic heterocycles. The highest BCUT2D eigenvalue weighted by atomic mass is 16.3. The molecule has 1 atom stereocenters. The lowest BCUT2D eigenvalue weighted by Crippen LogP contribution is -2.27. The van der Waals surface area contributed by atoms with Crippen LogP contribution in [0.1, 0.15) is 30.1 Å². The monoisotopic (exact) mass is 273 g/mol. The van der Waals surface area contributed by atoms with Crippen molar-refractivity contribution in [3.8, 4) is 5.75 Å². The van der Waals surface area contributed by atoms with E-state index >= 15 is 0 Å². The van der Waals surface area contributed by atoms with Gasteiger partial charge in [-0.15, -0.1) is 0 Å². The first kappa shape index (κ1) is 14.3. The third-order valence-corrected chi connectivity index (χ3v) is 3.38. The smallest absolute Gasteiger partial charge is 0.255 e. The number of rotatable bonds is 5. The Kier molecular flexibility index (Phi) is 4.58. The van der Waals surface area contributed by atoms with Crippen LogP contribution >= 0.6 is 0 Å². The second kappa shape index (κ2) is 6.39. The Labute approximate surface area is 118 Å². The van der Waals surface area contributed by atoms with E-state index in [-0.39, 0.29) is 17.2 Å². The molecule has 2 rings (SSSR count). The fraction of sp³-hybridized carbons (Fsp3) is 0.312. The number of benzene rings is 2. The van der Waals surface area contributed by atoms with Crippen LogP contribution < -0.4 is 5.32 Å². The molecule has 0 aliphatic carbocycles. The summed E-state index contributed by atoms with van der Waals surface area (Å²) in [7, 11) is 0. The summed E-state index contributed by atoms with van der Waals surface area (Å²) in [4.78, 5) is 12.0. The van der Waals surface area contributed by atoms with Gasteiger partial charge in [-0.2, -0.15) is 0 Å². The van der Waals surface area contributed by atoms with Crippen LogP contribution in [0.25, 0.3) is 10.8 Å². The molecule has 0 saturated heterocycles. The van der Waals surface area contributed by atoms with Crippen LogP contribution in [0.15, 0.2) is 36.4 Å². The molecule has 4 nitrogen and oxygen atoms in total. The molecule has 106 valence electrons. The van der Waals surface area contributed by atoms with Gasteiger partial charge in [0.1, 0.15) is 5.75 Å². The first-order valence-corrected chi connectivity index (χ1v) is 6.80. The summed E-state index contributed by atoms with van der Waals surface area (Å²) < 4.78 is 0. The summed E-state index contributed by atoms with van der Waals surface area (Å²) in [5.41, 5.74) is 0.259. The Morgan fingerprint density at radius 1 is 1.25 bits per heavy atom. The number of nitrogens with one attached hydrogen (secondary N) is 1. The highest BCUT2D eigenvalue weighted by Crippen LogP contribution is 2.28. The van der Waals surface area contributed by atoms with Crippen molar-refractivity contribution >= 4 is 16.7 Å². The minimum atomic E-state index is -0.402. The largest absolute Gasteiger partial charge is 0.506 e. The maximum absolute atomic E-state index is 12.0. The van der Waals surface area contributed by atoms with E-state index in [1.165, 1.54) is 0 Å². The van der Waals surface area contributed by atoms with Crippen LogP contribution in [0.3, 0.4) is 0 Å². The third kappa shape index (κ3) is 3.08. The molecule has 20 heavy (non-hydrogen) atoms. The second-order valence-corrected chi connectivity index (χ2v) is 4.79. The lowest BCUT2D eigenvalue weighted by Gasteiger charge is -2.10. The predicted octanol–water partition coefficient (Wildman–Crippen LogP) is 2.44. The number of amides is 1. The third-order valence-electron chi connectivity index (χ3n) is 3.38. The minimum absolute atomic E-state index is 0.00311. The Hall–Kier alpha value is -2.07. The Balaban J connectivity index is 2.12. The number of phenols is 1. The zero-order valence-electron chi connectivity index (χ0n) is 11.5. The molecule has 0 heterocycles. The van der Waals surface area contributed by atoms with Gasteiger partial charge in [0.05, 0.1) is 11.7 Å². The van der Waals surface area contributed by atoms with E-state index in [9.17, 15) is 15.0 Å². The lowest BCUT2D eigenvalue weighted by atomic mass is 10.0. The number of phenolic OH excluding ortho intramolecular Hbond substituents is 1. The fourth-order valence-electron chi connectivity index (χ4n) is 2.09. The van der Waals surface area contributed by atoms with Crippen LogP contribution in [0, 0.1) is 0 Å². The van der Waals surface area contributed by atoms with E-state index in [1.807, 2.05) is 31.2 Å². The number of aromatic hydroxyl groups is 1. The standard InChI is InChI=1S/C16H19NO3/c1-2-12(18)9-10-17-16(20)14-8-7-11-5-3-4-6-13(11)15(14)19/h3-8,12,18-19H,2,9-10H2,1H3,(H,17,20). The van der Waals surface area contributed by atoms with Crippen molar-refractivity contribution in [2.75, 3.05) is 6.54 Å². The van der Waals surface area contributed by atoms with E-state index < -0.39 is 6.10 Å². The average molecular weight is 273 g/mol. The van der Waals surface area contributed by atoms with Gasteiger partial charge < -0.3 is 15.5 Å². The van der Waals surface area contributed by atoms with E-state index in [1.54, 1.807) is 12.1 Å². The number of hydrogen-bond donors (Lipinski definition) is 3. The number of hydrogen-bond acceptors (Lipinski definition) is 3. The summed E-state index contributed by atoms with van der Waals surface area (Å²) in [6.45, 7) is 2.28. The van der Waals surface area contributed by atoms with Gasteiger partial charge >= 0.3 is 0 Å². The van der Waals surface area contributed by atoms with Crippen LogP contribution in [-0.2, 0) is 0 Å². The molecule has 3 N–H and O–H groups in total. The molecule has 0 fully saturated rings. The molecule has 1 amide bonds. The summed E-state index contributed by atoms with van der Waals surface area (Å²) in [6.07, 6.45) is 0.772. The van der Waals surface area contributed by atoms with Crippen molar-refractivity contribution < 1.29 is 15.0 Å². The number of carbonyl (C=O) groups excluding carboxylic acids is 1. The van der Waals surface area contributed by atoms with Gasteiger partial charge in [0, 0.05) is 11.9 Å². The quantitative estimate of drug-likeness (QED) is 0.783. The second-order valence-electron chi connectivity index (χ2n) is 4.79. The number of carbonyl (C=O) groups is 1. The van der Waals surface area contributed by atoms with Gasteiger partial charge in [-0.1, -0.05) is 37.3 Å². The molecule has 0 aliphatic rings. The number of fused-ring (bicyclic) bond motifs is 1. The van der Waals surface area contributed by atoms with Crippen molar-refractivity contribution in [3.63, 3.8) is 0 Å². The van der Waals surface area contributed by atoms with Crippen molar-refractivity contribution in [2.45, 2.75) is 25.9 Å². The molecule has 0 radical (unpaired) electrons. The first-order valence-electron chi connectivity index (χ1n) is 6.80. The summed E-state index contributed by atoms with van der Waals surface area (Å²) >= 11 is 0. The molecule has 2 aromatic rings. The van der Waals surface area contributed by atoms with Crippen molar-refractivity contribution in [3.05, 3.63) is 42.0 Å². The van der Waals surface area contributed by atoms with Crippen LogP contribution in [-0.4, -0.2) is 28.8 Å². The van der Waals surface area contributed by atoms with Gasteiger partial charge in [-0.25, -0.2) is 0 Å². The SMILES string of the molecule is CCC(O)CCNC(=O)c1ccc2ccccc2c1O. The fourth-order valence-corrected chi connectivity index (χ4v) is 2.09. The van der Waals surface area contributed by atoms with Gasteiger partial charge in [-0.05, 0) is 24.3 Å². The highest BCUT2D eigenvalue weighted by Gasteiger charge is 2.13. The zero-order chi connectivity index (χ0) is 14.5. The van der Waals surface area contributed by atoms with E-state index in [2.05, 4.69) is 5.32 Å².